The highest BCUT2D eigenvalue weighted by Gasteiger charge is 2.41. The Balaban J connectivity index is 3.81. The summed E-state index contributed by atoms with van der Waals surface area (Å²) < 4.78 is 17.2. The summed E-state index contributed by atoms with van der Waals surface area (Å²) in [5.74, 6) is -5.97. The Labute approximate surface area is 275 Å². The molecule has 6 atom stereocenters. The van der Waals surface area contributed by atoms with Crippen molar-refractivity contribution in [3.05, 3.63) is 0 Å². The number of carbonyl (C=O) groups excluding carboxylic acids is 6. The number of amides is 3. The fourth-order valence-corrected chi connectivity index (χ4v) is 5.14. The molecule has 1 unspecified atom stereocenters. The van der Waals surface area contributed by atoms with E-state index in [0.29, 0.717) is 0 Å². The lowest BCUT2D eigenvalue weighted by Crippen LogP contribution is -2.57. The lowest BCUT2D eigenvalue weighted by atomic mass is 9.98. The number of rotatable bonds is 9. The fraction of sp³-hybridized carbons (Fsp3) is 0.824. The topological polar surface area (TPSA) is 157 Å². The average molecular weight is 654 g/mol. The van der Waals surface area contributed by atoms with Gasteiger partial charge in [0.1, 0.15) is 18.1 Å². The summed E-state index contributed by atoms with van der Waals surface area (Å²) in [6.07, 6.45) is -3.38. The normalized spacial score (nSPS) is 26.7. The van der Waals surface area contributed by atoms with Gasteiger partial charge in [-0.05, 0) is 54.8 Å². The number of cyclic esters (lactones) is 3. The van der Waals surface area contributed by atoms with Crippen LogP contribution >= 0.6 is 0 Å². The number of hydrogen-bond acceptors (Lipinski definition) is 9. The maximum absolute atomic E-state index is 13.9. The molecule has 1 aliphatic rings. The number of likely N-dealkylation sites (N-methyl/N-ethyl adjacent to an activating group) is 1. The van der Waals surface area contributed by atoms with Crippen molar-refractivity contribution >= 4 is 35.6 Å². The van der Waals surface area contributed by atoms with Crippen LogP contribution in [0.25, 0.3) is 0 Å². The van der Waals surface area contributed by atoms with Gasteiger partial charge in [-0.1, -0.05) is 83.1 Å². The maximum Gasteiger partial charge on any atom is 0.348 e. The van der Waals surface area contributed by atoms with Gasteiger partial charge in [0.2, 0.25) is 5.91 Å². The number of carbonyl (C=O) groups is 6. The van der Waals surface area contributed by atoms with Gasteiger partial charge in [0.25, 0.3) is 11.8 Å². The maximum atomic E-state index is 13.9. The summed E-state index contributed by atoms with van der Waals surface area (Å²) in [6, 6.07) is -3.30. The third-order valence-electron chi connectivity index (χ3n) is 7.74. The van der Waals surface area contributed by atoms with Crippen LogP contribution in [0.2, 0.25) is 0 Å². The summed E-state index contributed by atoms with van der Waals surface area (Å²) in [7, 11) is 1.43. The number of hydrogen-bond donors (Lipinski definition) is 2. The number of esters is 3. The number of nitrogens with one attached hydrogen (secondary N) is 2. The van der Waals surface area contributed by atoms with Crippen molar-refractivity contribution in [3.63, 3.8) is 0 Å². The zero-order valence-electron chi connectivity index (χ0n) is 30.2. The first-order chi connectivity index (χ1) is 21.2. The van der Waals surface area contributed by atoms with E-state index >= 15 is 0 Å². The largest absolute Gasteiger partial charge is 0.450 e. The summed E-state index contributed by atoms with van der Waals surface area (Å²) in [6.45, 7) is 21.5. The highest BCUT2D eigenvalue weighted by Crippen LogP contribution is 2.22. The molecular formula is C34H59N3O9. The average Bonchev–Trinajstić information content (AvgIpc) is 2.92. The molecule has 0 spiro atoms. The monoisotopic (exact) mass is 653 g/mol. The molecule has 12 nitrogen and oxygen atoms in total. The number of nitrogens with zero attached hydrogens (tertiary/aromatic N) is 1. The van der Waals surface area contributed by atoms with Crippen molar-refractivity contribution in [2.45, 2.75) is 139 Å². The summed E-state index contributed by atoms with van der Waals surface area (Å²) in [4.78, 5) is 83.1. The highest BCUT2D eigenvalue weighted by atomic mass is 16.6. The van der Waals surface area contributed by atoms with Crippen LogP contribution < -0.4 is 10.6 Å². The summed E-state index contributed by atoms with van der Waals surface area (Å²) in [5.41, 5.74) is 0. The molecule has 0 bridgehead atoms. The Bertz CT molecular complexity index is 1070. The molecule has 0 aromatic heterocycles. The minimum Gasteiger partial charge on any atom is -0.450 e. The Morgan fingerprint density at radius 3 is 1.52 bits per heavy atom. The summed E-state index contributed by atoms with van der Waals surface area (Å²) in [5, 5.41) is 5.43. The second-order valence-corrected chi connectivity index (χ2v) is 14.8. The lowest BCUT2D eigenvalue weighted by Gasteiger charge is -2.34. The van der Waals surface area contributed by atoms with Crippen LogP contribution in [0.1, 0.15) is 102 Å². The van der Waals surface area contributed by atoms with Crippen LogP contribution in [0.3, 0.4) is 0 Å². The Hall–Kier alpha value is -3.18. The first-order valence-corrected chi connectivity index (χ1v) is 16.7. The van der Waals surface area contributed by atoms with Crippen LogP contribution in [-0.4, -0.2) is 84.0 Å². The predicted octanol–water partition coefficient (Wildman–Crippen LogP) is 3.64. The molecule has 264 valence electrons. The van der Waals surface area contributed by atoms with Gasteiger partial charge >= 0.3 is 17.9 Å². The fourth-order valence-electron chi connectivity index (χ4n) is 5.14. The molecule has 12 heteroatoms. The molecule has 1 heterocycles. The predicted molar refractivity (Wildman–Crippen MR) is 173 cm³/mol. The van der Waals surface area contributed by atoms with Crippen molar-refractivity contribution in [2.24, 2.45) is 35.5 Å². The highest BCUT2D eigenvalue weighted by molar-refractivity contribution is 5.94. The molecule has 2 N–H and O–H groups in total. The summed E-state index contributed by atoms with van der Waals surface area (Å²) >= 11 is 0. The standard InChI is InChI=1S/C34H59N3O9/c1-17(2)14-23-32(41)44-25(16-19(5)6)34(43)46-28(22(11)12)31(40)37(13)24(15-18(3)4)33(42)45-27(21(9)10)30(39)36-26(20(7)8)29(38)35-23/h17-28H,14-16H2,1-13H3,(H,35,38)(H,36,39)/t23-,24+,25?,26-,27+,28+/m1/s1. The van der Waals surface area contributed by atoms with Gasteiger partial charge in [-0.2, -0.15) is 0 Å². The van der Waals surface area contributed by atoms with Gasteiger partial charge < -0.3 is 29.7 Å². The Morgan fingerprint density at radius 1 is 0.565 bits per heavy atom. The molecule has 0 aromatic carbocycles. The van der Waals surface area contributed by atoms with Crippen molar-refractivity contribution in [1.82, 2.24) is 15.5 Å². The van der Waals surface area contributed by atoms with E-state index in [2.05, 4.69) is 10.6 Å². The smallest absolute Gasteiger partial charge is 0.348 e. The van der Waals surface area contributed by atoms with E-state index in [1.165, 1.54) is 11.9 Å². The quantitative estimate of drug-likeness (QED) is 0.280. The second kappa shape index (κ2) is 18.2. The molecule has 46 heavy (non-hydrogen) atoms. The Kier molecular flexibility index (Phi) is 16.2. The van der Waals surface area contributed by atoms with E-state index in [4.69, 9.17) is 14.2 Å². The molecule has 1 fully saturated rings. The van der Waals surface area contributed by atoms with Crippen LogP contribution in [-0.2, 0) is 43.0 Å². The minimum absolute atomic E-state index is 0.0414. The third-order valence-corrected chi connectivity index (χ3v) is 7.74. The zero-order valence-corrected chi connectivity index (χ0v) is 30.2. The van der Waals surface area contributed by atoms with E-state index in [1.54, 1.807) is 41.5 Å². The third kappa shape index (κ3) is 12.2. The molecule has 1 saturated heterocycles. The van der Waals surface area contributed by atoms with Gasteiger partial charge in [0.15, 0.2) is 18.3 Å². The van der Waals surface area contributed by atoms with E-state index in [0.717, 1.165) is 0 Å². The molecule has 3 amide bonds. The minimum atomic E-state index is -1.35. The SMILES string of the molecule is CC(C)CC1OC(=O)[C@@H](CC(C)C)NC(=O)[C@@H](C(C)C)NC(=O)[C@H](C(C)C)OC(=O)[C@H](CC(C)C)N(C)C(=O)[C@H](C(C)C)OC1=O. The molecular weight excluding hydrogens is 594 g/mol. The van der Waals surface area contributed by atoms with Crippen LogP contribution in [0.4, 0.5) is 0 Å². The van der Waals surface area contributed by atoms with Crippen LogP contribution in [0, 0.1) is 35.5 Å². The van der Waals surface area contributed by atoms with Gasteiger partial charge in [-0.25, -0.2) is 14.4 Å². The Morgan fingerprint density at radius 2 is 1.07 bits per heavy atom. The van der Waals surface area contributed by atoms with Crippen molar-refractivity contribution in [1.29, 1.82) is 0 Å². The van der Waals surface area contributed by atoms with Gasteiger partial charge in [0, 0.05) is 7.05 Å². The zero-order chi connectivity index (χ0) is 35.6. The lowest BCUT2D eigenvalue weighted by molar-refractivity contribution is -0.181. The number of ether oxygens (including phenoxy) is 3. The van der Waals surface area contributed by atoms with E-state index in [1.807, 2.05) is 41.5 Å². The molecule has 1 rings (SSSR count). The van der Waals surface area contributed by atoms with Gasteiger partial charge in [-0.15, -0.1) is 0 Å². The first-order valence-electron chi connectivity index (χ1n) is 16.7. The second-order valence-electron chi connectivity index (χ2n) is 14.8. The first kappa shape index (κ1) is 40.8. The van der Waals surface area contributed by atoms with Gasteiger partial charge in [-0.3, -0.25) is 14.4 Å². The van der Waals surface area contributed by atoms with Crippen molar-refractivity contribution in [2.75, 3.05) is 7.05 Å². The molecule has 0 saturated carbocycles. The molecule has 0 aliphatic carbocycles. The van der Waals surface area contributed by atoms with Crippen LogP contribution in [0.15, 0.2) is 0 Å². The molecule has 0 radical (unpaired) electrons. The van der Waals surface area contributed by atoms with E-state index in [-0.39, 0.29) is 37.0 Å². The van der Waals surface area contributed by atoms with E-state index in [9.17, 15) is 28.8 Å². The van der Waals surface area contributed by atoms with E-state index < -0.39 is 89.8 Å². The van der Waals surface area contributed by atoms with Crippen molar-refractivity contribution < 1.29 is 43.0 Å². The van der Waals surface area contributed by atoms with Gasteiger partial charge in [0.05, 0.1) is 0 Å². The van der Waals surface area contributed by atoms with Crippen molar-refractivity contribution in [3.8, 4) is 0 Å². The van der Waals surface area contributed by atoms with Crippen LogP contribution in [0.5, 0.6) is 0 Å². The molecule has 1 aliphatic heterocycles. The molecule has 0 aromatic rings.